The summed E-state index contributed by atoms with van der Waals surface area (Å²) in [6.45, 7) is 0. The van der Waals surface area contributed by atoms with Crippen LogP contribution in [0.3, 0.4) is 0 Å². The summed E-state index contributed by atoms with van der Waals surface area (Å²) in [7, 11) is 0. The first kappa shape index (κ1) is 12.4. The standard InChI is InChI=1S/C19H14N4/c1-3-9-15-13(7-1)14-8-2-4-10-16(14)19(15)21-23-18-12-6-5-11-17(18)20-22-23/h1-12,19,21H. The van der Waals surface area contributed by atoms with Gasteiger partial charge < -0.3 is 0 Å². The van der Waals surface area contributed by atoms with Crippen LogP contribution in [0.2, 0.25) is 0 Å². The van der Waals surface area contributed by atoms with Crippen LogP contribution in [0.4, 0.5) is 0 Å². The molecule has 0 fully saturated rings. The molecule has 110 valence electrons. The highest BCUT2D eigenvalue weighted by Gasteiger charge is 2.28. The van der Waals surface area contributed by atoms with Crippen LogP contribution in [0.1, 0.15) is 17.2 Å². The average Bonchev–Trinajstić information content (AvgIpc) is 3.16. The molecule has 1 N–H and O–H groups in total. The highest BCUT2D eigenvalue weighted by molar-refractivity contribution is 5.79. The van der Waals surface area contributed by atoms with Crippen molar-refractivity contribution in [3.05, 3.63) is 83.9 Å². The lowest BCUT2D eigenvalue weighted by Crippen LogP contribution is -2.21. The van der Waals surface area contributed by atoms with Gasteiger partial charge in [-0.05, 0) is 39.6 Å². The van der Waals surface area contributed by atoms with Crippen LogP contribution in [0.15, 0.2) is 72.8 Å². The molecule has 4 aromatic rings. The second-order valence-electron chi connectivity index (χ2n) is 5.73. The fourth-order valence-electron chi connectivity index (χ4n) is 3.38. The highest BCUT2D eigenvalue weighted by atomic mass is 15.6. The number of rotatable bonds is 2. The number of aromatic nitrogens is 3. The van der Waals surface area contributed by atoms with E-state index in [0.29, 0.717) is 0 Å². The number of fused-ring (bicyclic) bond motifs is 4. The van der Waals surface area contributed by atoms with Gasteiger partial charge in [-0.2, -0.15) is 4.79 Å². The predicted octanol–water partition coefficient (Wildman–Crippen LogP) is 3.74. The van der Waals surface area contributed by atoms with Crippen LogP contribution in [0.5, 0.6) is 0 Å². The monoisotopic (exact) mass is 298 g/mol. The zero-order valence-corrected chi connectivity index (χ0v) is 12.3. The molecule has 0 saturated heterocycles. The van der Waals surface area contributed by atoms with Crippen molar-refractivity contribution in [3.63, 3.8) is 0 Å². The van der Waals surface area contributed by atoms with Gasteiger partial charge in [0.05, 0.1) is 6.04 Å². The first-order valence-electron chi connectivity index (χ1n) is 7.67. The van der Waals surface area contributed by atoms with Crippen molar-refractivity contribution in [1.29, 1.82) is 0 Å². The van der Waals surface area contributed by atoms with Gasteiger partial charge in [-0.15, -0.1) is 5.10 Å². The molecule has 1 aromatic heterocycles. The number of para-hydroxylation sites is 1. The number of nitrogens with one attached hydrogen (secondary N) is 1. The molecular formula is C19H14N4. The Morgan fingerprint density at radius 2 is 1.35 bits per heavy atom. The third-order valence-electron chi connectivity index (χ3n) is 4.44. The number of nitrogens with zero attached hydrogens (tertiary/aromatic N) is 3. The molecule has 0 amide bonds. The van der Waals surface area contributed by atoms with E-state index in [2.05, 4.69) is 64.3 Å². The van der Waals surface area contributed by atoms with Crippen molar-refractivity contribution in [2.75, 3.05) is 5.43 Å². The van der Waals surface area contributed by atoms with E-state index in [1.165, 1.54) is 22.3 Å². The van der Waals surface area contributed by atoms with Crippen molar-refractivity contribution in [2.45, 2.75) is 6.04 Å². The Kier molecular flexibility index (Phi) is 2.52. The van der Waals surface area contributed by atoms with Gasteiger partial charge >= 0.3 is 0 Å². The molecule has 0 spiro atoms. The van der Waals surface area contributed by atoms with Crippen LogP contribution in [-0.4, -0.2) is 15.1 Å². The largest absolute Gasteiger partial charge is 0.296 e. The molecule has 1 aliphatic carbocycles. The van der Waals surface area contributed by atoms with E-state index in [9.17, 15) is 0 Å². The lowest BCUT2D eigenvalue weighted by Gasteiger charge is -2.17. The Bertz CT molecular complexity index is 973. The molecule has 0 saturated carbocycles. The molecule has 3 aromatic carbocycles. The quantitative estimate of drug-likeness (QED) is 0.613. The van der Waals surface area contributed by atoms with Crippen LogP contribution in [0.25, 0.3) is 22.2 Å². The molecule has 4 nitrogen and oxygen atoms in total. The van der Waals surface area contributed by atoms with Crippen LogP contribution >= 0.6 is 0 Å². The van der Waals surface area contributed by atoms with Gasteiger partial charge in [0, 0.05) is 0 Å². The molecule has 4 heteroatoms. The van der Waals surface area contributed by atoms with E-state index in [1.54, 1.807) is 4.79 Å². The first-order chi connectivity index (χ1) is 11.4. The van der Waals surface area contributed by atoms with Gasteiger partial charge in [-0.1, -0.05) is 60.7 Å². The van der Waals surface area contributed by atoms with Crippen LogP contribution in [-0.2, 0) is 0 Å². The van der Waals surface area contributed by atoms with Gasteiger partial charge in [0.1, 0.15) is 11.0 Å². The molecule has 5 rings (SSSR count). The summed E-state index contributed by atoms with van der Waals surface area (Å²) in [6.07, 6.45) is 0. The number of benzene rings is 3. The van der Waals surface area contributed by atoms with E-state index < -0.39 is 0 Å². The second-order valence-corrected chi connectivity index (χ2v) is 5.73. The first-order valence-corrected chi connectivity index (χ1v) is 7.67. The van der Waals surface area contributed by atoms with Crippen LogP contribution < -0.4 is 5.43 Å². The molecule has 0 radical (unpaired) electrons. The third kappa shape index (κ3) is 1.78. The minimum absolute atomic E-state index is 0.0764. The summed E-state index contributed by atoms with van der Waals surface area (Å²) < 4.78 is 0. The zero-order valence-electron chi connectivity index (χ0n) is 12.3. The van der Waals surface area contributed by atoms with Crippen molar-refractivity contribution >= 4 is 11.0 Å². The Labute approximate surface area is 133 Å². The van der Waals surface area contributed by atoms with Crippen molar-refractivity contribution in [3.8, 4) is 11.1 Å². The Balaban J connectivity index is 1.66. The van der Waals surface area contributed by atoms with E-state index >= 15 is 0 Å². The summed E-state index contributed by atoms with van der Waals surface area (Å²) in [5.74, 6) is 0. The van der Waals surface area contributed by atoms with Crippen molar-refractivity contribution < 1.29 is 0 Å². The maximum Gasteiger partial charge on any atom is 0.115 e. The molecule has 0 aliphatic heterocycles. The SMILES string of the molecule is c1ccc2c(c1)-c1ccccc1C2Nn1nnc2ccccc21. The smallest absolute Gasteiger partial charge is 0.115 e. The Morgan fingerprint density at radius 3 is 2.09 bits per heavy atom. The van der Waals surface area contributed by atoms with E-state index in [0.717, 1.165) is 11.0 Å². The molecular weight excluding hydrogens is 284 g/mol. The molecule has 23 heavy (non-hydrogen) atoms. The third-order valence-corrected chi connectivity index (χ3v) is 4.44. The fourth-order valence-corrected chi connectivity index (χ4v) is 3.38. The summed E-state index contributed by atoms with van der Waals surface area (Å²) >= 11 is 0. The Morgan fingerprint density at radius 1 is 0.739 bits per heavy atom. The summed E-state index contributed by atoms with van der Waals surface area (Å²) in [6, 6.07) is 25.1. The van der Waals surface area contributed by atoms with Gasteiger partial charge in [0.2, 0.25) is 0 Å². The molecule has 1 heterocycles. The molecule has 0 unspecified atom stereocenters. The Hall–Kier alpha value is -3.14. The van der Waals surface area contributed by atoms with Gasteiger partial charge in [-0.25, -0.2) is 0 Å². The molecule has 0 bridgehead atoms. The summed E-state index contributed by atoms with van der Waals surface area (Å²) in [5.41, 5.74) is 10.5. The average molecular weight is 298 g/mol. The van der Waals surface area contributed by atoms with Gasteiger partial charge in [0.15, 0.2) is 0 Å². The topological polar surface area (TPSA) is 42.7 Å². The lowest BCUT2D eigenvalue weighted by molar-refractivity contribution is 0.674. The van der Waals surface area contributed by atoms with Gasteiger partial charge in [-0.3, -0.25) is 5.43 Å². The predicted molar refractivity (Wildman–Crippen MR) is 90.6 cm³/mol. The molecule has 1 aliphatic rings. The van der Waals surface area contributed by atoms with Crippen molar-refractivity contribution in [1.82, 2.24) is 15.1 Å². The minimum Gasteiger partial charge on any atom is -0.296 e. The maximum absolute atomic E-state index is 4.26. The maximum atomic E-state index is 4.26. The normalized spacial score (nSPS) is 13.0. The summed E-state index contributed by atoms with van der Waals surface area (Å²) in [4.78, 5) is 1.78. The zero-order chi connectivity index (χ0) is 15.2. The van der Waals surface area contributed by atoms with Crippen LogP contribution in [0, 0.1) is 0 Å². The molecule has 0 atom stereocenters. The summed E-state index contributed by atoms with van der Waals surface area (Å²) in [5, 5.41) is 8.48. The lowest BCUT2D eigenvalue weighted by atomic mass is 10.1. The van der Waals surface area contributed by atoms with E-state index in [4.69, 9.17) is 0 Å². The second kappa shape index (κ2) is 4.68. The number of hydrogen-bond acceptors (Lipinski definition) is 3. The van der Waals surface area contributed by atoms with E-state index in [1.807, 2.05) is 24.3 Å². The van der Waals surface area contributed by atoms with E-state index in [-0.39, 0.29) is 6.04 Å². The highest BCUT2D eigenvalue weighted by Crippen LogP contribution is 2.43. The van der Waals surface area contributed by atoms with Gasteiger partial charge in [0.25, 0.3) is 0 Å². The van der Waals surface area contributed by atoms with Crippen molar-refractivity contribution in [2.24, 2.45) is 0 Å². The number of hydrogen-bond donors (Lipinski definition) is 1. The minimum atomic E-state index is 0.0764. The fraction of sp³-hybridized carbons (Fsp3) is 0.0526.